The smallest absolute Gasteiger partial charge is 0.227 e. The Morgan fingerprint density at radius 2 is 1.85 bits per heavy atom. The second-order valence-electron chi connectivity index (χ2n) is 7.70. The maximum atomic E-state index is 12.7. The summed E-state index contributed by atoms with van der Waals surface area (Å²) in [5.74, 6) is 1.89. The molecule has 4 heteroatoms. The summed E-state index contributed by atoms with van der Waals surface area (Å²) in [5.41, 5.74) is 4.37. The molecule has 1 fully saturated rings. The Kier molecular flexibility index (Phi) is 4.27. The monoisotopic (exact) mass is 347 g/mol. The van der Waals surface area contributed by atoms with Crippen LogP contribution in [0.1, 0.15) is 37.6 Å². The summed E-state index contributed by atoms with van der Waals surface area (Å²) in [6, 6.07) is 16.5. The van der Waals surface area contributed by atoms with E-state index in [0.29, 0.717) is 18.9 Å². The van der Waals surface area contributed by atoms with Gasteiger partial charge in [-0.05, 0) is 37.1 Å². The summed E-state index contributed by atoms with van der Waals surface area (Å²) in [7, 11) is 0. The molecule has 0 radical (unpaired) electrons. The number of rotatable bonds is 4. The predicted octanol–water partition coefficient (Wildman–Crippen LogP) is 4.52. The Morgan fingerprint density at radius 3 is 2.58 bits per heavy atom. The summed E-state index contributed by atoms with van der Waals surface area (Å²) in [5, 5.41) is 0. The van der Waals surface area contributed by atoms with Gasteiger partial charge >= 0.3 is 0 Å². The molecule has 0 saturated carbocycles. The Bertz CT molecular complexity index is 940. The standard InChI is InChI=1S/C22H25N3O/c1-15(2)13-25-20-7-5-4-6-19(20)23-22(25)17-12-21(26)24(14-17)18-10-8-16(3)9-11-18/h4-11,15,17H,12-14H2,1-3H3/t17-/m0/s1. The van der Waals surface area contributed by atoms with E-state index in [2.05, 4.69) is 55.7 Å². The Hall–Kier alpha value is -2.62. The quantitative estimate of drug-likeness (QED) is 0.696. The van der Waals surface area contributed by atoms with Crippen molar-refractivity contribution >= 4 is 22.6 Å². The minimum atomic E-state index is 0.134. The summed E-state index contributed by atoms with van der Waals surface area (Å²) < 4.78 is 2.32. The summed E-state index contributed by atoms with van der Waals surface area (Å²) in [6.07, 6.45) is 0.523. The number of hydrogen-bond acceptors (Lipinski definition) is 2. The highest BCUT2D eigenvalue weighted by Crippen LogP contribution is 2.33. The molecule has 26 heavy (non-hydrogen) atoms. The zero-order chi connectivity index (χ0) is 18.3. The van der Waals surface area contributed by atoms with Crippen LogP contribution in [0.3, 0.4) is 0 Å². The third kappa shape index (κ3) is 3.00. The van der Waals surface area contributed by atoms with Crippen molar-refractivity contribution in [1.29, 1.82) is 0 Å². The molecule has 2 aromatic carbocycles. The fourth-order valence-corrected chi connectivity index (χ4v) is 3.82. The normalized spacial score (nSPS) is 17.6. The van der Waals surface area contributed by atoms with Crippen LogP contribution in [0.5, 0.6) is 0 Å². The highest BCUT2D eigenvalue weighted by atomic mass is 16.2. The lowest BCUT2D eigenvalue weighted by Crippen LogP contribution is -2.24. The van der Waals surface area contributed by atoms with Crippen molar-refractivity contribution in [3.05, 3.63) is 59.9 Å². The molecule has 1 aliphatic heterocycles. The highest BCUT2D eigenvalue weighted by Gasteiger charge is 2.34. The van der Waals surface area contributed by atoms with Gasteiger partial charge in [0.15, 0.2) is 0 Å². The van der Waals surface area contributed by atoms with Crippen molar-refractivity contribution in [3.63, 3.8) is 0 Å². The first-order valence-electron chi connectivity index (χ1n) is 9.35. The lowest BCUT2D eigenvalue weighted by molar-refractivity contribution is -0.117. The van der Waals surface area contributed by atoms with Crippen molar-refractivity contribution in [2.45, 2.75) is 39.7 Å². The van der Waals surface area contributed by atoms with Gasteiger partial charge in [-0.2, -0.15) is 0 Å². The highest BCUT2D eigenvalue weighted by molar-refractivity contribution is 5.96. The number of aromatic nitrogens is 2. The average Bonchev–Trinajstić information content (AvgIpc) is 3.16. The van der Waals surface area contributed by atoms with Gasteiger partial charge < -0.3 is 9.47 Å². The first kappa shape index (κ1) is 16.8. The SMILES string of the molecule is Cc1ccc(N2C[C@@H](c3nc4ccccc4n3CC(C)C)CC2=O)cc1. The fraction of sp³-hybridized carbons (Fsp3) is 0.364. The van der Waals surface area contributed by atoms with E-state index in [1.54, 1.807) is 0 Å². The zero-order valence-electron chi connectivity index (χ0n) is 15.6. The van der Waals surface area contributed by atoms with Gasteiger partial charge in [-0.1, -0.05) is 43.7 Å². The van der Waals surface area contributed by atoms with Gasteiger partial charge in [-0.3, -0.25) is 4.79 Å². The molecule has 1 aliphatic rings. The minimum Gasteiger partial charge on any atom is -0.327 e. The minimum absolute atomic E-state index is 0.134. The number of nitrogens with zero attached hydrogens (tertiary/aromatic N) is 3. The van der Waals surface area contributed by atoms with Crippen LogP contribution in [-0.2, 0) is 11.3 Å². The molecule has 0 spiro atoms. The van der Waals surface area contributed by atoms with E-state index in [0.717, 1.165) is 29.1 Å². The largest absolute Gasteiger partial charge is 0.327 e. The van der Waals surface area contributed by atoms with Crippen LogP contribution in [0, 0.1) is 12.8 Å². The Labute approximate surface area is 154 Å². The molecule has 134 valence electrons. The number of para-hydroxylation sites is 2. The van der Waals surface area contributed by atoms with Gasteiger partial charge in [-0.25, -0.2) is 4.98 Å². The molecule has 4 nitrogen and oxygen atoms in total. The van der Waals surface area contributed by atoms with Crippen LogP contribution in [0.25, 0.3) is 11.0 Å². The molecule has 4 rings (SSSR count). The van der Waals surface area contributed by atoms with E-state index in [1.165, 1.54) is 5.56 Å². The fourth-order valence-electron chi connectivity index (χ4n) is 3.82. The Balaban J connectivity index is 1.69. The van der Waals surface area contributed by atoms with Crippen LogP contribution < -0.4 is 4.90 Å². The molecule has 2 heterocycles. The lowest BCUT2D eigenvalue weighted by atomic mass is 10.1. The second kappa shape index (κ2) is 6.60. The number of anilines is 1. The molecule has 1 aromatic heterocycles. The molecule has 1 atom stereocenters. The van der Waals surface area contributed by atoms with Crippen molar-refractivity contribution in [3.8, 4) is 0 Å². The van der Waals surface area contributed by atoms with Crippen LogP contribution >= 0.6 is 0 Å². The molecule has 0 N–H and O–H groups in total. The molecular weight excluding hydrogens is 322 g/mol. The molecule has 3 aromatic rings. The van der Waals surface area contributed by atoms with Gasteiger partial charge in [0, 0.05) is 31.1 Å². The number of imidazole rings is 1. The maximum absolute atomic E-state index is 12.7. The number of carbonyl (C=O) groups is 1. The summed E-state index contributed by atoms with van der Waals surface area (Å²) in [6.45, 7) is 8.12. The molecular formula is C22H25N3O. The van der Waals surface area contributed by atoms with Crippen molar-refractivity contribution in [2.24, 2.45) is 5.92 Å². The van der Waals surface area contributed by atoms with Gasteiger partial charge in [0.2, 0.25) is 5.91 Å². The third-order valence-corrected chi connectivity index (χ3v) is 5.07. The number of carbonyl (C=O) groups excluding carboxylic acids is 1. The van der Waals surface area contributed by atoms with Gasteiger partial charge in [-0.15, -0.1) is 0 Å². The number of hydrogen-bond donors (Lipinski definition) is 0. The van der Waals surface area contributed by atoms with E-state index in [9.17, 15) is 4.79 Å². The van der Waals surface area contributed by atoms with Gasteiger partial charge in [0.1, 0.15) is 5.82 Å². The second-order valence-corrected chi connectivity index (χ2v) is 7.70. The van der Waals surface area contributed by atoms with Crippen LogP contribution in [0.2, 0.25) is 0 Å². The van der Waals surface area contributed by atoms with E-state index >= 15 is 0 Å². The summed E-state index contributed by atoms with van der Waals surface area (Å²) in [4.78, 5) is 19.5. The van der Waals surface area contributed by atoms with Crippen LogP contribution in [0.15, 0.2) is 48.5 Å². The first-order valence-corrected chi connectivity index (χ1v) is 9.35. The van der Waals surface area contributed by atoms with E-state index in [1.807, 2.05) is 23.1 Å². The van der Waals surface area contributed by atoms with Crippen molar-refractivity contribution in [2.75, 3.05) is 11.4 Å². The zero-order valence-corrected chi connectivity index (χ0v) is 15.6. The van der Waals surface area contributed by atoms with Crippen LogP contribution in [-0.4, -0.2) is 22.0 Å². The predicted molar refractivity (Wildman–Crippen MR) is 105 cm³/mol. The maximum Gasteiger partial charge on any atom is 0.227 e. The molecule has 0 bridgehead atoms. The number of amides is 1. The number of aryl methyl sites for hydroxylation is 1. The topological polar surface area (TPSA) is 38.1 Å². The van der Waals surface area contributed by atoms with E-state index < -0.39 is 0 Å². The van der Waals surface area contributed by atoms with E-state index in [-0.39, 0.29) is 11.8 Å². The lowest BCUT2D eigenvalue weighted by Gasteiger charge is -2.18. The van der Waals surface area contributed by atoms with Crippen molar-refractivity contribution in [1.82, 2.24) is 9.55 Å². The van der Waals surface area contributed by atoms with Crippen molar-refractivity contribution < 1.29 is 4.79 Å². The first-order chi connectivity index (χ1) is 12.5. The van der Waals surface area contributed by atoms with Gasteiger partial charge in [0.25, 0.3) is 0 Å². The number of fused-ring (bicyclic) bond motifs is 1. The van der Waals surface area contributed by atoms with Gasteiger partial charge in [0.05, 0.1) is 11.0 Å². The molecule has 0 aliphatic carbocycles. The number of benzene rings is 2. The summed E-state index contributed by atoms with van der Waals surface area (Å²) >= 11 is 0. The molecule has 1 amide bonds. The Morgan fingerprint density at radius 1 is 1.12 bits per heavy atom. The average molecular weight is 347 g/mol. The molecule has 1 saturated heterocycles. The molecule has 0 unspecified atom stereocenters. The third-order valence-electron chi connectivity index (χ3n) is 5.07. The van der Waals surface area contributed by atoms with Crippen LogP contribution in [0.4, 0.5) is 5.69 Å². The van der Waals surface area contributed by atoms with E-state index in [4.69, 9.17) is 4.98 Å².